The molecular formula is C20H17NO2. The zero-order valence-corrected chi connectivity index (χ0v) is 12.9. The molecule has 1 aliphatic carbocycles. The Balaban J connectivity index is 1.96. The molecule has 0 radical (unpaired) electrons. The van der Waals surface area contributed by atoms with Crippen LogP contribution in [0.25, 0.3) is 16.5 Å². The molecule has 0 atom stereocenters. The van der Waals surface area contributed by atoms with E-state index < -0.39 is 0 Å². The van der Waals surface area contributed by atoms with E-state index in [1.54, 1.807) is 0 Å². The maximum Gasteiger partial charge on any atom is 0.355 e. The summed E-state index contributed by atoms with van der Waals surface area (Å²) in [7, 11) is 0. The number of rotatable bonds is 3. The molecule has 0 unspecified atom stereocenters. The monoisotopic (exact) mass is 303 g/mol. The highest BCUT2D eigenvalue weighted by molar-refractivity contribution is 6.08. The first kappa shape index (κ1) is 13.8. The van der Waals surface area contributed by atoms with Crippen LogP contribution in [0.4, 0.5) is 0 Å². The minimum Gasteiger partial charge on any atom is -0.461 e. The molecule has 3 aromatic rings. The lowest BCUT2D eigenvalue weighted by molar-refractivity contribution is 0.0520. The van der Waals surface area contributed by atoms with E-state index in [0.717, 1.165) is 28.5 Å². The lowest BCUT2D eigenvalue weighted by Crippen LogP contribution is -2.07. The summed E-state index contributed by atoms with van der Waals surface area (Å²) >= 11 is 0. The minimum atomic E-state index is -0.302. The quantitative estimate of drug-likeness (QED) is 0.732. The number of aromatic nitrogens is 1. The van der Waals surface area contributed by atoms with E-state index in [0.29, 0.717) is 12.3 Å². The number of para-hydroxylation sites is 1. The fraction of sp³-hybridized carbons (Fsp3) is 0.150. The number of ether oxygens (including phenoxy) is 1. The van der Waals surface area contributed by atoms with Gasteiger partial charge in [0.25, 0.3) is 0 Å². The van der Waals surface area contributed by atoms with Crippen LogP contribution in [0.15, 0.2) is 54.6 Å². The number of fused-ring (bicyclic) bond motifs is 2. The van der Waals surface area contributed by atoms with Gasteiger partial charge in [-0.05, 0) is 36.1 Å². The predicted molar refractivity (Wildman–Crippen MR) is 91.5 cm³/mol. The highest BCUT2D eigenvalue weighted by atomic mass is 16.5. The smallest absolute Gasteiger partial charge is 0.355 e. The molecule has 3 heteroatoms. The Morgan fingerprint density at radius 3 is 2.78 bits per heavy atom. The molecule has 0 amide bonds. The maximum absolute atomic E-state index is 12.4. The van der Waals surface area contributed by atoms with E-state index in [4.69, 9.17) is 4.74 Å². The van der Waals surface area contributed by atoms with Gasteiger partial charge in [0.05, 0.1) is 6.61 Å². The summed E-state index contributed by atoms with van der Waals surface area (Å²) in [5.74, 6) is -0.302. The molecule has 23 heavy (non-hydrogen) atoms. The number of aromatic amines is 1. The first-order valence-electron chi connectivity index (χ1n) is 7.86. The highest BCUT2D eigenvalue weighted by Gasteiger charge is 2.25. The minimum absolute atomic E-state index is 0.302. The second kappa shape index (κ2) is 5.43. The first-order chi connectivity index (χ1) is 11.3. The van der Waals surface area contributed by atoms with Gasteiger partial charge in [0.2, 0.25) is 0 Å². The van der Waals surface area contributed by atoms with Gasteiger partial charge in [-0.25, -0.2) is 4.79 Å². The van der Waals surface area contributed by atoms with Crippen LogP contribution in [0, 0.1) is 0 Å². The molecule has 0 spiro atoms. The summed E-state index contributed by atoms with van der Waals surface area (Å²) < 4.78 is 5.25. The fourth-order valence-electron chi connectivity index (χ4n) is 3.30. The van der Waals surface area contributed by atoms with Crippen molar-refractivity contribution in [1.29, 1.82) is 0 Å². The van der Waals surface area contributed by atoms with Gasteiger partial charge < -0.3 is 9.72 Å². The molecule has 4 rings (SSSR count). The zero-order chi connectivity index (χ0) is 15.8. The van der Waals surface area contributed by atoms with Crippen molar-refractivity contribution in [2.75, 3.05) is 6.61 Å². The van der Waals surface area contributed by atoms with Gasteiger partial charge in [0.1, 0.15) is 5.69 Å². The second-order valence-electron chi connectivity index (χ2n) is 5.62. The van der Waals surface area contributed by atoms with Gasteiger partial charge in [-0.15, -0.1) is 0 Å². The summed E-state index contributed by atoms with van der Waals surface area (Å²) in [4.78, 5) is 15.7. The van der Waals surface area contributed by atoms with Gasteiger partial charge in [-0.2, -0.15) is 0 Å². The third-order valence-electron chi connectivity index (χ3n) is 4.29. The molecule has 0 bridgehead atoms. The van der Waals surface area contributed by atoms with E-state index in [1.807, 2.05) is 37.3 Å². The third kappa shape index (κ3) is 2.16. The molecule has 1 N–H and O–H groups in total. The van der Waals surface area contributed by atoms with Crippen LogP contribution in [0.1, 0.15) is 34.1 Å². The van der Waals surface area contributed by atoms with E-state index >= 15 is 0 Å². The normalized spacial score (nSPS) is 13.0. The SMILES string of the molecule is CCOC(=O)c1[nH]c2ccccc2c1C1=CCc2ccccc21. The van der Waals surface area contributed by atoms with Crippen molar-refractivity contribution in [3.8, 4) is 0 Å². The Morgan fingerprint density at radius 1 is 1.13 bits per heavy atom. The van der Waals surface area contributed by atoms with Crippen molar-refractivity contribution in [3.05, 3.63) is 77.0 Å². The molecule has 1 aliphatic rings. The van der Waals surface area contributed by atoms with Crippen molar-refractivity contribution >= 4 is 22.4 Å². The number of carbonyl (C=O) groups excluding carboxylic acids is 1. The van der Waals surface area contributed by atoms with Crippen molar-refractivity contribution in [2.24, 2.45) is 0 Å². The Labute approximate surface area is 134 Å². The van der Waals surface area contributed by atoms with Crippen LogP contribution in [0.2, 0.25) is 0 Å². The van der Waals surface area contributed by atoms with Crippen molar-refractivity contribution in [3.63, 3.8) is 0 Å². The van der Waals surface area contributed by atoms with Gasteiger partial charge in [-0.3, -0.25) is 0 Å². The predicted octanol–water partition coefficient (Wildman–Crippen LogP) is 4.33. The summed E-state index contributed by atoms with van der Waals surface area (Å²) in [6, 6.07) is 16.3. The van der Waals surface area contributed by atoms with E-state index in [2.05, 4.69) is 29.3 Å². The van der Waals surface area contributed by atoms with Crippen LogP contribution in [0.5, 0.6) is 0 Å². The van der Waals surface area contributed by atoms with Crippen LogP contribution in [0.3, 0.4) is 0 Å². The van der Waals surface area contributed by atoms with Crippen LogP contribution in [-0.4, -0.2) is 17.6 Å². The largest absolute Gasteiger partial charge is 0.461 e. The number of nitrogens with one attached hydrogen (secondary N) is 1. The molecule has 114 valence electrons. The average Bonchev–Trinajstić information content (AvgIpc) is 3.15. The number of hydrogen-bond donors (Lipinski definition) is 1. The van der Waals surface area contributed by atoms with E-state index in [1.165, 1.54) is 11.1 Å². The Morgan fingerprint density at radius 2 is 1.91 bits per heavy atom. The maximum atomic E-state index is 12.4. The lowest BCUT2D eigenvalue weighted by atomic mass is 9.96. The Hall–Kier alpha value is -2.81. The molecule has 0 saturated carbocycles. The van der Waals surface area contributed by atoms with Crippen molar-refractivity contribution in [2.45, 2.75) is 13.3 Å². The molecule has 3 nitrogen and oxygen atoms in total. The first-order valence-corrected chi connectivity index (χ1v) is 7.86. The van der Waals surface area contributed by atoms with Crippen LogP contribution < -0.4 is 0 Å². The molecule has 2 aromatic carbocycles. The summed E-state index contributed by atoms with van der Waals surface area (Å²) in [5, 5.41) is 1.05. The van der Waals surface area contributed by atoms with Crippen LogP contribution >= 0.6 is 0 Å². The number of H-pyrrole nitrogens is 1. The summed E-state index contributed by atoms with van der Waals surface area (Å²) in [5.41, 5.74) is 6.04. The molecule has 1 heterocycles. The Bertz CT molecular complexity index is 934. The van der Waals surface area contributed by atoms with Gasteiger partial charge in [-0.1, -0.05) is 48.5 Å². The molecule has 0 fully saturated rings. The zero-order valence-electron chi connectivity index (χ0n) is 12.9. The average molecular weight is 303 g/mol. The van der Waals surface area contributed by atoms with Gasteiger partial charge >= 0.3 is 5.97 Å². The molecule has 0 saturated heterocycles. The van der Waals surface area contributed by atoms with Gasteiger partial charge in [0, 0.05) is 16.5 Å². The van der Waals surface area contributed by atoms with Crippen molar-refractivity contribution in [1.82, 2.24) is 4.98 Å². The van der Waals surface area contributed by atoms with E-state index in [-0.39, 0.29) is 5.97 Å². The standard InChI is InChI=1S/C20H17NO2/c1-2-23-20(22)19-18(16-9-5-6-10-17(16)21-19)15-12-11-13-7-3-4-8-14(13)15/h3-10,12,21H,2,11H2,1H3. The number of benzene rings is 2. The molecule has 0 aliphatic heterocycles. The lowest BCUT2D eigenvalue weighted by Gasteiger charge is -2.08. The van der Waals surface area contributed by atoms with Gasteiger partial charge in [0.15, 0.2) is 0 Å². The fourth-order valence-corrected chi connectivity index (χ4v) is 3.30. The molecular weight excluding hydrogens is 286 g/mol. The number of esters is 1. The topological polar surface area (TPSA) is 42.1 Å². The second-order valence-corrected chi connectivity index (χ2v) is 5.62. The van der Waals surface area contributed by atoms with Crippen molar-refractivity contribution < 1.29 is 9.53 Å². The van der Waals surface area contributed by atoms with Crippen LogP contribution in [-0.2, 0) is 11.2 Å². The summed E-state index contributed by atoms with van der Waals surface area (Å²) in [6.45, 7) is 2.19. The summed E-state index contributed by atoms with van der Waals surface area (Å²) in [6.07, 6.45) is 3.09. The number of hydrogen-bond acceptors (Lipinski definition) is 2. The number of allylic oxidation sites excluding steroid dienone is 1. The molecule has 1 aromatic heterocycles. The highest BCUT2D eigenvalue weighted by Crippen LogP contribution is 2.38. The van der Waals surface area contributed by atoms with E-state index in [9.17, 15) is 4.79 Å². The third-order valence-corrected chi connectivity index (χ3v) is 4.29. The number of carbonyl (C=O) groups is 1. The Kier molecular flexibility index (Phi) is 3.27.